The van der Waals surface area contributed by atoms with Crippen molar-refractivity contribution in [1.29, 1.82) is 0 Å². The molecule has 1 fully saturated rings. The van der Waals surface area contributed by atoms with Crippen LogP contribution in [0.3, 0.4) is 0 Å². The van der Waals surface area contributed by atoms with Crippen LogP contribution in [0.2, 0.25) is 0 Å². The van der Waals surface area contributed by atoms with Crippen LogP contribution in [0.4, 0.5) is 14.5 Å². The third kappa shape index (κ3) is 4.57. The van der Waals surface area contributed by atoms with E-state index in [0.29, 0.717) is 26.2 Å². The van der Waals surface area contributed by atoms with Gasteiger partial charge in [-0.15, -0.1) is 0 Å². The zero-order valence-electron chi connectivity index (χ0n) is 15.4. The van der Waals surface area contributed by atoms with Crippen LogP contribution >= 0.6 is 0 Å². The molecule has 0 N–H and O–H groups in total. The number of halogens is 2. The lowest BCUT2D eigenvalue weighted by Gasteiger charge is -2.36. The lowest BCUT2D eigenvalue weighted by Crippen LogP contribution is -2.49. The molecule has 1 amide bonds. The quantitative estimate of drug-likeness (QED) is 0.735. The van der Waals surface area contributed by atoms with Gasteiger partial charge in [0.25, 0.3) is 5.91 Å². The van der Waals surface area contributed by atoms with Gasteiger partial charge in [0.1, 0.15) is 5.75 Å². The van der Waals surface area contributed by atoms with Crippen LogP contribution in [-0.2, 0) is 9.53 Å². The summed E-state index contributed by atoms with van der Waals surface area (Å²) in [6.07, 6.45) is 0. The van der Waals surface area contributed by atoms with E-state index in [-0.39, 0.29) is 11.5 Å². The molecule has 1 saturated heterocycles. The fourth-order valence-corrected chi connectivity index (χ4v) is 2.93. The first-order valence-corrected chi connectivity index (χ1v) is 8.77. The van der Waals surface area contributed by atoms with Gasteiger partial charge in [0.15, 0.2) is 18.2 Å². The van der Waals surface area contributed by atoms with Crippen molar-refractivity contribution in [2.24, 2.45) is 0 Å². The van der Waals surface area contributed by atoms with Gasteiger partial charge in [-0.3, -0.25) is 4.79 Å². The highest BCUT2D eigenvalue weighted by Crippen LogP contribution is 2.20. The highest BCUT2D eigenvalue weighted by molar-refractivity contribution is 5.91. The zero-order chi connectivity index (χ0) is 20.1. The van der Waals surface area contributed by atoms with Gasteiger partial charge in [-0.1, -0.05) is 0 Å². The van der Waals surface area contributed by atoms with Gasteiger partial charge in [0.05, 0.1) is 12.7 Å². The minimum atomic E-state index is -1.14. The Kier molecular flexibility index (Phi) is 6.08. The predicted octanol–water partition coefficient (Wildman–Crippen LogP) is 2.48. The number of ether oxygens (including phenoxy) is 2. The Bertz CT molecular complexity index is 850. The van der Waals surface area contributed by atoms with E-state index in [4.69, 9.17) is 9.47 Å². The van der Waals surface area contributed by atoms with Crippen LogP contribution in [0.1, 0.15) is 10.4 Å². The van der Waals surface area contributed by atoms with Crippen LogP contribution < -0.4 is 9.64 Å². The molecule has 0 aliphatic carbocycles. The van der Waals surface area contributed by atoms with E-state index >= 15 is 0 Å². The van der Waals surface area contributed by atoms with Crippen molar-refractivity contribution in [2.75, 3.05) is 44.8 Å². The van der Waals surface area contributed by atoms with Gasteiger partial charge in [-0.25, -0.2) is 13.6 Å². The topological polar surface area (TPSA) is 59.1 Å². The van der Waals surface area contributed by atoms with Crippen LogP contribution in [0.25, 0.3) is 0 Å². The van der Waals surface area contributed by atoms with E-state index in [1.807, 2.05) is 24.3 Å². The first-order chi connectivity index (χ1) is 13.5. The van der Waals surface area contributed by atoms with Crippen LogP contribution in [0.15, 0.2) is 42.5 Å². The van der Waals surface area contributed by atoms with E-state index in [0.717, 1.165) is 29.6 Å². The minimum Gasteiger partial charge on any atom is -0.497 e. The van der Waals surface area contributed by atoms with Crippen molar-refractivity contribution in [3.63, 3.8) is 0 Å². The largest absolute Gasteiger partial charge is 0.497 e. The van der Waals surface area contributed by atoms with Gasteiger partial charge >= 0.3 is 5.97 Å². The molecule has 2 aromatic carbocycles. The van der Waals surface area contributed by atoms with E-state index in [2.05, 4.69) is 4.90 Å². The van der Waals surface area contributed by atoms with Crippen LogP contribution in [0.5, 0.6) is 5.75 Å². The number of nitrogens with zero attached hydrogens (tertiary/aromatic N) is 2. The normalized spacial score (nSPS) is 14.0. The molecule has 1 heterocycles. The maximum Gasteiger partial charge on any atom is 0.338 e. The fraction of sp³-hybridized carbons (Fsp3) is 0.300. The molecule has 0 saturated carbocycles. The average molecular weight is 390 g/mol. The number of benzene rings is 2. The standard InChI is InChI=1S/C20H20F2N2O4/c1-27-16-5-3-15(4-6-16)23-8-10-24(11-9-23)19(25)13-28-20(26)14-2-7-17(21)18(22)12-14/h2-7,12H,8-11,13H2,1H3. The zero-order valence-corrected chi connectivity index (χ0v) is 15.4. The Morgan fingerprint density at radius 2 is 1.64 bits per heavy atom. The van der Waals surface area contributed by atoms with Crippen molar-refractivity contribution in [3.05, 3.63) is 59.7 Å². The number of amides is 1. The number of rotatable bonds is 5. The molecular formula is C20H20F2N2O4. The summed E-state index contributed by atoms with van der Waals surface area (Å²) in [5.41, 5.74) is 0.897. The third-order valence-corrected chi connectivity index (χ3v) is 4.55. The van der Waals surface area contributed by atoms with Gasteiger partial charge < -0.3 is 19.3 Å². The van der Waals surface area contributed by atoms with Crippen LogP contribution in [-0.4, -0.2) is 56.7 Å². The third-order valence-electron chi connectivity index (χ3n) is 4.55. The van der Waals surface area contributed by atoms with E-state index in [9.17, 15) is 18.4 Å². The molecule has 0 aromatic heterocycles. The van der Waals surface area contributed by atoms with Crippen LogP contribution in [0, 0.1) is 11.6 Å². The lowest BCUT2D eigenvalue weighted by atomic mass is 10.2. The number of piperazine rings is 1. The highest BCUT2D eigenvalue weighted by Gasteiger charge is 2.22. The Balaban J connectivity index is 1.48. The van der Waals surface area contributed by atoms with Crippen molar-refractivity contribution < 1.29 is 27.8 Å². The van der Waals surface area contributed by atoms with Gasteiger partial charge in [-0.2, -0.15) is 0 Å². The van der Waals surface area contributed by atoms with Crippen molar-refractivity contribution in [3.8, 4) is 5.75 Å². The average Bonchev–Trinajstić information content (AvgIpc) is 2.74. The molecule has 1 aliphatic heterocycles. The van der Waals surface area contributed by atoms with E-state index < -0.39 is 24.2 Å². The van der Waals surface area contributed by atoms with Crippen molar-refractivity contribution >= 4 is 17.6 Å². The molecule has 1 aliphatic rings. The summed E-state index contributed by atoms with van der Waals surface area (Å²) in [6.45, 7) is 1.84. The molecule has 6 nitrogen and oxygen atoms in total. The number of esters is 1. The second-order valence-corrected chi connectivity index (χ2v) is 6.27. The summed E-state index contributed by atoms with van der Waals surface area (Å²) in [6, 6.07) is 10.4. The Hall–Kier alpha value is -3.16. The number of hydrogen-bond donors (Lipinski definition) is 0. The molecule has 0 atom stereocenters. The molecule has 0 bridgehead atoms. The first kappa shape index (κ1) is 19.6. The second-order valence-electron chi connectivity index (χ2n) is 6.27. The predicted molar refractivity (Wildman–Crippen MR) is 98.4 cm³/mol. The highest BCUT2D eigenvalue weighted by atomic mass is 19.2. The minimum absolute atomic E-state index is 0.143. The summed E-state index contributed by atoms with van der Waals surface area (Å²) >= 11 is 0. The molecular weight excluding hydrogens is 370 g/mol. The molecule has 28 heavy (non-hydrogen) atoms. The number of hydrogen-bond acceptors (Lipinski definition) is 5. The van der Waals surface area contributed by atoms with E-state index in [1.54, 1.807) is 12.0 Å². The summed E-state index contributed by atoms with van der Waals surface area (Å²) in [5.74, 6) is -2.62. The molecule has 2 aromatic rings. The number of carbonyl (C=O) groups excluding carboxylic acids is 2. The Morgan fingerprint density at radius 1 is 0.964 bits per heavy atom. The summed E-state index contributed by atoms with van der Waals surface area (Å²) in [5, 5.41) is 0. The summed E-state index contributed by atoms with van der Waals surface area (Å²) < 4.78 is 36.2. The molecule has 3 rings (SSSR count). The number of methoxy groups -OCH3 is 1. The van der Waals surface area contributed by atoms with E-state index in [1.165, 1.54) is 0 Å². The fourth-order valence-electron chi connectivity index (χ4n) is 2.93. The Labute approximate surface area is 161 Å². The maximum absolute atomic E-state index is 13.2. The summed E-state index contributed by atoms with van der Waals surface area (Å²) in [4.78, 5) is 27.9. The molecule has 0 unspecified atom stereocenters. The van der Waals surface area contributed by atoms with Crippen molar-refractivity contribution in [2.45, 2.75) is 0 Å². The summed E-state index contributed by atoms with van der Waals surface area (Å²) in [7, 11) is 1.61. The molecule has 0 radical (unpaired) electrons. The molecule has 0 spiro atoms. The maximum atomic E-state index is 13.2. The molecule has 148 valence electrons. The Morgan fingerprint density at radius 3 is 2.25 bits per heavy atom. The number of anilines is 1. The van der Waals surface area contributed by atoms with Crippen molar-refractivity contribution in [1.82, 2.24) is 4.90 Å². The second kappa shape index (κ2) is 8.69. The smallest absolute Gasteiger partial charge is 0.338 e. The van der Waals surface area contributed by atoms with Gasteiger partial charge in [-0.05, 0) is 42.5 Å². The van der Waals surface area contributed by atoms with Gasteiger partial charge in [0, 0.05) is 31.9 Å². The lowest BCUT2D eigenvalue weighted by molar-refractivity contribution is -0.134. The molecule has 8 heteroatoms. The monoisotopic (exact) mass is 390 g/mol. The van der Waals surface area contributed by atoms with Gasteiger partial charge in [0.2, 0.25) is 0 Å². The SMILES string of the molecule is COc1ccc(N2CCN(C(=O)COC(=O)c3ccc(F)c(F)c3)CC2)cc1. The number of carbonyl (C=O) groups is 2. The first-order valence-electron chi connectivity index (χ1n) is 8.77.